The van der Waals surface area contributed by atoms with E-state index < -0.39 is 0 Å². The van der Waals surface area contributed by atoms with Crippen molar-refractivity contribution in [1.29, 1.82) is 0 Å². The Kier molecular flexibility index (Phi) is 5.00. The van der Waals surface area contributed by atoms with Crippen molar-refractivity contribution in [2.24, 2.45) is 0 Å². The average Bonchev–Trinajstić information content (AvgIpc) is 3.05. The van der Waals surface area contributed by atoms with E-state index >= 15 is 0 Å². The molecule has 124 valence electrons. The molecule has 0 aliphatic carbocycles. The summed E-state index contributed by atoms with van der Waals surface area (Å²) in [5.41, 5.74) is 1.16. The zero-order valence-corrected chi connectivity index (χ0v) is 13.9. The lowest BCUT2D eigenvalue weighted by Gasteiger charge is -2.35. The van der Waals surface area contributed by atoms with Crippen molar-refractivity contribution in [3.05, 3.63) is 30.2 Å². The number of benzene rings is 1. The Morgan fingerprint density at radius 2 is 1.78 bits per heavy atom. The van der Waals surface area contributed by atoms with E-state index in [9.17, 15) is 0 Å². The third kappa shape index (κ3) is 3.57. The first kappa shape index (κ1) is 15.6. The number of hydrogen-bond donors (Lipinski definition) is 0. The second-order valence-corrected chi connectivity index (χ2v) is 5.60. The predicted octanol–water partition coefficient (Wildman–Crippen LogP) is 2.75. The number of hydrogen-bond acceptors (Lipinski definition) is 6. The van der Waals surface area contributed by atoms with Crippen LogP contribution in [0.4, 0.5) is 11.7 Å². The van der Waals surface area contributed by atoms with Crippen molar-refractivity contribution >= 4 is 11.7 Å². The molecule has 0 spiro atoms. The topological polar surface area (TPSA) is 54.6 Å². The lowest BCUT2D eigenvalue weighted by atomic mass is 10.2. The standard InChI is InChI=1S/C17H24N4O2/c1-3-7-16-18-19-17(23-16)21-12-10-20(11-13-21)14-8-5-6-9-15(14)22-4-2/h5-6,8-9H,3-4,7,10-13H2,1-2H3. The highest BCUT2D eigenvalue weighted by Crippen LogP contribution is 2.29. The van der Waals surface area contributed by atoms with Crippen molar-refractivity contribution < 1.29 is 9.15 Å². The quantitative estimate of drug-likeness (QED) is 0.817. The monoisotopic (exact) mass is 316 g/mol. The second kappa shape index (κ2) is 7.35. The van der Waals surface area contributed by atoms with Gasteiger partial charge in [-0.25, -0.2) is 0 Å². The average molecular weight is 316 g/mol. The predicted molar refractivity (Wildman–Crippen MR) is 90.3 cm³/mol. The van der Waals surface area contributed by atoms with Crippen LogP contribution in [-0.4, -0.2) is 43.0 Å². The molecule has 6 heteroatoms. The lowest BCUT2D eigenvalue weighted by molar-refractivity contribution is 0.340. The molecule has 1 aromatic heterocycles. The van der Waals surface area contributed by atoms with E-state index in [1.165, 1.54) is 0 Å². The Bertz CT molecular complexity index is 621. The fourth-order valence-electron chi connectivity index (χ4n) is 2.82. The van der Waals surface area contributed by atoms with Gasteiger partial charge in [0.25, 0.3) is 0 Å². The molecule has 23 heavy (non-hydrogen) atoms. The zero-order valence-electron chi connectivity index (χ0n) is 13.9. The molecule has 1 aliphatic heterocycles. The molecule has 1 aliphatic rings. The van der Waals surface area contributed by atoms with Gasteiger partial charge in [0.1, 0.15) is 5.75 Å². The summed E-state index contributed by atoms with van der Waals surface area (Å²) in [4.78, 5) is 4.51. The molecule has 1 saturated heterocycles. The Labute approximate surface area is 137 Å². The van der Waals surface area contributed by atoms with Crippen LogP contribution in [0.2, 0.25) is 0 Å². The minimum Gasteiger partial charge on any atom is -0.492 e. The van der Waals surface area contributed by atoms with E-state index in [0.29, 0.717) is 12.6 Å². The molecular formula is C17H24N4O2. The number of anilines is 2. The van der Waals surface area contributed by atoms with Crippen LogP contribution < -0.4 is 14.5 Å². The summed E-state index contributed by atoms with van der Waals surface area (Å²) in [6.45, 7) is 8.36. The van der Waals surface area contributed by atoms with Gasteiger partial charge in [-0.05, 0) is 25.5 Å². The summed E-state index contributed by atoms with van der Waals surface area (Å²) in [5.74, 6) is 1.68. The normalized spacial score (nSPS) is 15.0. The summed E-state index contributed by atoms with van der Waals surface area (Å²) < 4.78 is 11.5. The third-order valence-corrected chi connectivity index (χ3v) is 3.98. The summed E-state index contributed by atoms with van der Waals surface area (Å²) in [5, 5.41) is 8.27. The van der Waals surface area contributed by atoms with Crippen LogP contribution >= 0.6 is 0 Å². The van der Waals surface area contributed by atoms with Crippen LogP contribution in [-0.2, 0) is 6.42 Å². The third-order valence-electron chi connectivity index (χ3n) is 3.98. The van der Waals surface area contributed by atoms with E-state index in [1.807, 2.05) is 19.1 Å². The molecule has 3 rings (SSSR count). The Morgan fingerprint density at radius 1 is 1.04 bits per heavy atom. The van der Waals surface area contributed by atoms with E-state index in [1.54, 1.807) is 0 Å². The maximum absolute atomic E-state index is 5.74. The molecule has 0 unspecified atom stereocenters. The number of aromatic nitrogens is 2. The summed E-state index contributed by atoms with van der Waals surface area (Å²) in [6, 6.07) is 8.86. The Morgan fingerprint density at radius 3 is 2.52 bits per heavy atom. The minimum absolute atomic E-state index is 0.645. The van der Waals surface area contributed by atoms with Crippen LogP contribution in [0.3, 0.4) is 0 Å². The fourth-order valence-corrected chi connectivity index (χ4v) is 2.82. The SMILES string of the molecule is CCCc1nnc(N2CCN(c3ccccc3OCC)CC2)o1. The molecule has 0 N–H and O–H groups in total. The Hall–Kier alpha value is -2.24. The summed E-state index contributed by atoms with van der Waals surface area (Å²) >= 11 is 0. The number of ether oxygens (including phenoxy) is 1. The van der Waals surface area contributed by atoms with Crippen LogP contribution in [0.15, 0.2) is 28.7 Å². The largest absolute Gasteiger partial charge is 0.492 e. The first-order chi connectivity index (χ1) is 11.3. The molecule has 0 amide bonds. The molecule has 0 atom stereocenters. The van der Waals surface area contributed by atoms with Gasteiger partial charge in [0, 0.05) is 32.6 Å². The molecular weight excluding hydrogens is 292 g/mol. The number of para-hydroxylation sites is 2. The van der Waals surface area contributed by atoms with Gasteiger partial charge in [0.15, 0.2) is 0 Å². The van der Waals surface area contributed by atoms with Crippen molar-refractivity contribution in [2.45, 2.75) is 26.7 Å². The molecule has 1 aromatic carbocycles. The van der Waals surface area contributed by atoms with Gasteiger partial charge in [0.05, 0.1) is 12.3 Å². The highest BCUT2D eigenvalue weighted by Gasteiger charge is 2.23. The number of piperazine rings is 1. The summed E-state index contributed by atoms with van der Waals surface area (Å²) in [7, 11) is 0. The van der Waals surface area contributed by atoms with Gasteiger partial charge in [-0.15, -0.1) is 5.10 Å². The highest BCUT2D eigenvalue weighted by atomic mass is 16.5. The minimum atomic E-state index is 0.645. The first-order valence-corrected chi connectivity index (χ1v) is 8.36. The lowest BCUT2D eigenvalue weighted by Crippen LogP contribution is -2.46. The van der Waals surface area contributed by atoms with Crippen LogP contribution in [0.1, 0.15) is 26.2 Å². The Balaban J connectivity index is 1.64. The van der Waals surface area contributed by atoms with E-state index in [-0.39, 0.29) is 0 Å². The van der Waals surface area contributed by atoms with Gasteiger partial charge >= 0.3 is 6.01 Å². The number of nitrogens with zero attached hydrogens (tertiary/aromatic N) is 4. The van der Waals surface area contributed by atoms with Crippen LogP contribution in [0, 0.1) is 0 Å². The molecule has 1 fully saturated rings. The highest BCUT2D eigenvalue weighted by molar-refractivity contribution is 5.59. The van der Waals surface area contributed by atoms with Gasteiger partial charge in [-0.1, -0.05) is 24.2 Å². The first-order valence-electron chi connectivity index (χ1n) is 8.36. The molecule has 2 heterocycles. The van der Waals surface area contributed by atoms with Crippen molar-refractivity contribution in [1.82, 2.24) is 10.2 Å². The van der Waals surface area contributed by atoms with Crippen molar-refractivity contribution in [2.75, 3.05) is 42.6 Å². The molecule has 6 nitrogen and oxygen atoms in total. The van der Waals surface area contributed by atoms with Crippen molar-refractivity contribution in [3.8, 4) is 5.75 Å². The van der Waals surface area contributed by atoms with Gasteiger partial charge in [-0.3, -0.25) is 0 Å². The number of rotatable bonds is 6. The maximum atomic E-state index is 5.74. The smallest absolute Gasteiger partial charge is 0.318 e. The molecule has 0 saturated carbocycles. The molecule has 0 bridgehead atoms. The van der Waals surface area contributed by atoms with E-state index in [4.69, 9.17) is 9.15 Å². The van der Waals surface area contributed by atoms with Crippen LogP contribution in [0.25, 0.3) is 0 Å². The van der Waals surface area contributed by atoms with E-state index in [0.717, 1.165) is 56.3 Å². The van der Waals surface area contributed by atoms with Crippen LogP contribution in [0.5, 0.6) is 5.75 Å². The molecule has 2 aromatic rings. The number of aryl methyl sites for hydroxylation is 1. The summed E-state index contributed by atoms with van der Waals surface area (Å²) in [6.07, 6.45) is 1.86. The second-order valence-electron chi connectivity index (χ2n) is 5.60. The van der Waals surface area contributed by atoms with Gasteiger partial charge < -0.3 is 19.0 Å². The van der Waals surface area contributed by atoms with Crippen molar-refractivity contribution in [3.63, 3.8) is 0 Å². The zero-order chi connectivity index (χ0) is 16.1. The molecule has 0 radical (unpaired) electrons. The van der Waals surface area contributed by atoms with Gasteiger partial charge in [-0.2, -0.15) is 0 Å². The fraction of sp³-hybridized carbons (Fsp3) is 0.529. The van der Waals surface area contributed by atoms with E-state index in [2.05, 4.69) is 39.1 Å². The maximum Gasteiger partial charge on any atom is 0.318 e. The van der Waals surface area contributed by atoms with Gasteiger partial charge in [0.2, 0.25) is 5.89 Å².